The smallest absolute Gasteiger partial charge is 0.289 e. The summed E-state index contributed by atoms with van der Waals surface area (Å²) in [4.78, 5) is 10.1. The van der Waals surface area contributed by atoms with Crippen molar-refractivity contribution in [2.45, 2.75) is 43.5 Å². The molecule has 1 aromatic rings. The molecule has 116 valence electrons. The fraction of sp³-hybridized carbons (Fsp3) is 0.538. The van der Waals surface area contributed by atoms with E-state index in [9.17, 15) is 18.5 Å². The molecule has 0 amide bonds. The summed E-state index contributed by atoms with van der Waals surface area (Å²) in [7, 11) is -3.96. The van der Waals surface area contributed by atoms with E-state index in [1.165, 1.54) is 12.1 Å². The summed E-state index contributed by atoms with van der Waals surface area (Å²) >= 11 is 0. The van der Waals surface area contributed by atoms with Crippen LogP contribution in [0.1, 0.15) is 30.4 Å². The van der Waals surface area contributed by atoms with Crippen LogP contribution in [-0.2, 0) is 10.0 Å². The van der Waals surface area contributed by atoms with Gasteiger partial charge in [-0.3, -0.25) is 10.1 Å². The Bertz CT molecular complexity index is 681. The molecule has 1 aromatic carbocycles. The molecule has 0 radical (unpaired) electrons. The Morgan fingerprint density at radius 1 is 1.33 bits per heavy atom. The Labute approximate surface area is 123 Å². The van der Waals surface area contributed by atoms with Crippen molar-refractivity contribution in [1.82, 2.24) is 4.72 Å². The van der Waals surface area contributed by atoms with Crippen molar-refractivity contribution in [3.8, 4) is 0 Å². The molecule has 0 atom stereocenters. The van der Waals surface area contributed by atoms with Crippen LogP contribution in [0.4, 0.5) is 5.69 Å². The van der Waals surface area contributed by atoms with Gasteiger partial charge in [0.15, 0.2) is 4.90 Å². The third-order valence-electron chi connectivity index (χ3n) is 4.03. The first-order chi connectivity index (χ1) is 9.65. The average Bonchev–Trinajstić information content (AvgIpc) is 2.36. The van der Waals surface area contributed by atoms with Crippen molar-refractivity contribution < 1.29 is 13.3 Å². The molecule has 1 fully saturated rings. The fourth-order valence-electron chi connectivity index (χ4n) is 2.26. The molecule has 1 saturated carbocycles. The Hall–Kier alpha value is -1.51. The first-order valence-corrected chi connectivity index (χ1v) is 8.17. The SMILES string of the molecule is Cc1cc([N+](=O)[O-])c(S(=O)(=O)NCC2(N)CCC2)cc1C. The van der Waals surface area contributed by atoms with Gasteiger partial charge in [0, 0.05) is 18.2 Å². The maximum atomic E-state index is 12.3. The highest BCUT2D eigenvalue weighted by Gasteiger charge is 2.35. The maximum absolute atomic E-state index is 12.3. The predicted molar refractivity (Wildman–Crippen MR) is 78.5 cm³/mol. The van der Waals surface area contributed by atoms with E-state index in [4.69, 9.17) is 5.73 Å². The van der Waals surface area contributed by atoms with Gasteiger partial charge in [-0.1, -0.05) is 0 Å². The summed E-state index contributed by atoms with van der Waals surface area (Å²) in [5, 5.41) is 11.1. The van der Waals surface area contributed by atoms with Gasteiger partial charge in [0.25, 0.3) is 5.69 Å². The molecule has 0 unspecified atom stereocenters. The number of aryl methyl sites for hydroxylation is 2. The third-order valence-corrected chi connectivity index (χ3v) is 5.46. The molecule has 21 heavy (non-hydrogen) atoms. The first-order valence-electron chi connectivity index (χ1n) is 6.69. The van der Waals surface area contributed by atoms with Gasteiger partial charge in [0.05, 0.1) is 4.92 Å². The van der Waals surface area contributed by atoms with Crippen molar-refractivity contribution in [1.29, 1.82) is 0 Å². The zero-order valence-corrected chi connectivity index (χ0v) is 12.9. The Kier molecular flexibility index (Phi) is 4.05. The largest absolute Gasteiger partial charge is 0.324 e. The number of nitrogens with two attached hydrogens (primary N) is 1. The van der Waals surface area contributed by atoms with Gasteiger partial charge in [0.2, 0.25) is 10.0 Å². The van der Waals surface area contributed by atoms with Crippen LogP contribution in [0.5, 0.6) is 0 Å². The summed E-state index contributed by atoms with van der Waals surface area (Å²) in [5.74, 6) is 0. The average molecular weight is 313 g/mol. The number of nitrogens with one attached hydrogen (secondary N) is 1. The van der Waals surface area contributed by atoms with Crippen molar-refractivity contribution in [2.75, 3.05) is 6.54 Å². The number of nitro benzene ring substituents is 1. The molecular weight excluding hydrogens is 294 g/mol. The molecule has 3 N–H and O–H groups in total. The lowest BCUT2D eigenvalue weighted by Crippen LogP contribution is -2.54. The minimum absolute atomic E-state index is 0.0966. The second kappa shape index (κ2) is 5.36. The number of hydrogen-bond acceptors (Lipinski definition) is 5. The van der Waals surface area contributed by atoms with Crippen LogP contribution in [0.2, 0.25) is 0 Å². The molecule has 8 heteroatoms. The quantitative estimate of drug-likeness (QED) is 0.629. The van der Waals surface area contributed by atoms with Crippen LogP contribution in [0.25, 0.3) is 0 Å². The van der Waals surface area contributed by atoms with Gasteiger partial charge in [-0.2, -0.15) is 0 Å². The second-order valence-electron chi connectivity index (χ2n) is 5.70. The molecule has 2 rings (SSSR count). The standard InChI is InChI=1S/C13H19N3O4S/c1-9-6-11(16(17)18)12(7-10(9)2)21(19,20)15-8-13(14)4-3-5-13/h6-7,15H,3-5,8,14H2,1-2H3. The summed E-state index contributed by atoms with van der Waals surface area (Å²) in [6.07, 6.45) is 2.48. The maximum Gasteiger partial charge on any atom is 0.289 e. The summed E-state index contributed by atoms with van der Waals surface area (Å²) < 4.78 is 27.1. The number of sulfonamides is 1. The first kappa shape index (κ1) is 15.9. The van der Waals surface area contributed by atoms with Crippen LogP contribution in [-0.4, -0.2) is 25.4 Å². The molecule has 0 saturated heterocycles. The third kappa shape index (κ3) is 3.22. The molecular formula is C13H19N3O4S. The number of nitrogens with zero attached hydrogens (tertiary/aromatic N) is 1. The number of hydrogen-bond donors (Lipinski definition) is 2. The van der Waals surface area contributed by atoms with Gasteiger partial charge in [-0.05, 0) is 50.3 Å². The van der Waals surface area contributed by atoms with Gasteiger partial charge in [-0.25, -0.2) is 13.1 Å². The minimum atomic E-state index is -3.96. The Morgan fingerprint density at radius 2 is 1.90 bits per heavy atom. The van der Waals surface area contributed by atoms with E-state index in [0.717, 1.165) is 19.3 Å². The Balaban J connectivity index is 2.34. The predicted octanol–water partition coefficient (Wildman–Crippen LogP) is 1.37. The molecule has 0 spiro atoms. The minimum Gasteiger partial charge on any atom is -0.324 e. The van der Waals surface area contributed by atoms with Gasteiger partial charge >= 0.3 is 0 Å². The lowest BCUT2D eigenvalue weighted by molar-refractivity contribution is -0.387. The molecule has 0 aliphatic heterocycles. The van der Waals surface area contributed by atoms with E-state index >= 15 is 0 Å². The van der Waals surface area contributed by atoms with Crippen molar-refractivity contribution in [3.63, 3.8) is 0 Å². The highest BCUT2D eigenvalue weighted by molar-refractivity contribution is 7.89. The van der Waals surface area contributed by atoms with Crippen LogP contribution in [0.3, 0.4) is 0 Å². The zero-order valence-electron chi connectivity index (χ0n) is 12.0. The van der Waals surface area contributed by atoms with Gasteiger partial charge in [-0.15, -0.1) is 0 Å². The van der Waals surface area contributed by atoms with Crippen molar-refractivity contribution in [2.24, 2.45) is 5.73 Å². The molecule has 0 aromatic heterocycles. The van der Waals surface area contributed by atoms with Crippen LogP contribution >= 0.6 is 0 Å². The zero-order chi connectivity index (χ0) is 15.8. The molecule has 1 aliphatic rings. The van der Waals surface area contributed by atoms with Gasteiger partial charge in [0.1, 0.15) is 0 Å². The van der Waals surface area contributed by atoms with E-state index in [1.54, 1.807) is 13.8 Å². The van der Waals surface area contributed by atoms with E-state index in [1.807, 2.05) is 0 Å². The van der Waals surface area contributed by atoms with Crippen molar-refractivity contribution in [3.05, 3.63) is 33.4 Å². The topological polar surface area (TPSA) is 115 Å². The van der Waals surface area contributed by atoms with E-state index in [0.29, 0.717) is 11.1 Å². The van der Waals surface area contributed by atoms with Gasteiger partial charge < -0.3 is 5.73 Å². The Morgan fingerprint density at radius 3 is 2.38 bits per heavy atom. The van der Waals surface area contributed by atoms with Crippen LogP contribution in [0, 0.1) is 24.0 Å². The summed E-state index contributed by atoms with van der Waals surface area (Å²) in [6.45, 7) is 3.52. The highest BCUT2D eigenvalue weighted by atomic mass is 32.2. The van der Waals surface area contributed by atoms with Crippen LogP contribution < -0.4 is 10.5 Å². The highest BCUT2D eigenvalue weighted by Crippen LogP contribution is 2.30. The molecule has 0 bridgehead atoms. The van der Waals surface area contributed by atoms with E-state index in [2.05, 4.69) is 4.72 Å². The molecule has 1 aliphatic carbocycles. The lowest BCUT2D eigenvalue weighted by Gasteiger charge is -2.37. The molecule has 7 nitrogen and oxygen atoms in total. The second-order valence-corrected chi connectivity index (χ2v) is 7.44. The summed E-state index contributed by atoms with van der Waals surface area (Å²) in [6, 6.07) is 2.62. The van der Waals surface area contributed by atoms with Crippen molar-refractivity contribution >= 4 is 15.7 Å². The number of rotatable bonds is 5. The molecule has 0 heterocycles. The van der Waals surface area contributed by atoms with E-state index in [-0.39, 0.29) is 11.4 Å². The normalized spacial score (nSPS) is 17.3. The number of nitro groups is 1. The lowest BCUT2D eigenvalue weighted by atomic mass is 9.78. The fourth-order valence-corrected chi connectivity index (χ4v) is 3.63. The summed E-state index contributed by atoms with van der Waals surface area (Å²) in [5.41, 5.74) is 6.40. The van der Waals surface area contributed by atoms with Crippen LogP contribution in [0.15, 0.2) is 17.0 Å². The van der Waals surface area contributed by atoms with E-state index < -0.39 is 26.2 Å². The monoisotopic (exact) mass is 313 g/mol. The number of benzene rings is 1.